The predicted molar refractivity (Wildman–Crippen MR) is 74.6 cm³/mol. The summed E-state index contributed by atoms with van der Waals surface area (Å²) in [6, 6.07) is 9.85. The number of hydrogen-bond donors (Lipinski definition) is 2. The van der Waals surface area contributed by atoms with Crippen LogP contribution in [-0.2, 0) is 4.79 Å². The van der Waals surface area contributed by atoms with Crippen molar-refractivity contribution in [2.45, 2.75) is 6.04 Å². The molecule has 2 aromatic rings. The van der Waals surface area contributed by atoms with E-state index in [0.717, 1.165) is 10.4 Å². The number of rotatable bonds is 5. The highest BCUT2D eigenvalue weighted by Gasteiger charge is 2.17. The molecule has 0 aliphatic rings. The van der Waals surface area contributed by atoms with E-state index in [4.69, 9.17) is 0 Å². The zero-order valence-electron chi connectivity index (χ0n) is 10.5. The number of nitrogens with one attached hydrogen (secondary N) is 2. The molecule has 100 valence electrons. The Morgan fingerprint density at radius 2 is 2.05 bits per heavy atom. The van der Waals surface area contributed by atoms with Gasteiger partial charge in [-0.3, -0.25) is 4.79 Å². The van der Waals surface area contributed by atoms with Gasteiger partial charge in [-0.1, -0.05) is 18.2 Å². The van der Waals surface area contributed by atoms with Crippen LogP contribution < -0.4 is 10.6 Å². The molecule has 2 rings (SSSR count). The van der Waals surface area contributed by atoms with E-state index in [1.54, 1.807) is 30.5 Å². The number of likely N-dealkylation sites (N-methyl/N-ethyl adjacent to an activating group) is 1. The van der Waals surface area contributed by atoms with Crippen molar-refractivity contribution in [1.82, 2.24) is 10.6 Å². The van der Waals surface area contributed by atoms with Gasteiger partial charge >= 0.3 is 0 Å². The maximum Gasteiger partial charge on any atom is 0.234 e. The van der Waals surface area contributed by atoms with E-state index in [9.17, 15) is 9.18 Å². The SMILES string of the molecule is CNCC(=O)NC(c1ccc(F)cc1)c1cccs1. The standard InChI is InChI=1S/C14H15FN2OS/c1-16-9-13(18)17-14(12-3-2-8-19-12)10-4-6-11(15)7-5-10/h2-8,14,16H,9H2,1H3,(H,17,18). The Kier molecular flexibility index (Phi) is 4.65. The Morgan fingerprint density at radius 1 is 1.32 bits per heavy atom. The molecule has 1 aromatic heterocycles. The van der Waals surface area contributed by atoms with Crippen LogP contribution in [-0.4, -0.2) is 19.5 Å². The topological polar surface area (TPSA) is 41.1 Å². The maximum atomic E-state index is 13.0. The second-order valence-electron chi connectivity index (χ2n) is 4.10. The Morgan fingerprint density at radius 3 is 2.63 bits per heavy atom. The van der Waals surface area contributed by atoms with E-state index in [1.165, 1.54) is 12.1 Å². The summed E-state index contributed by atoms with van der Waals surface area (Å²) in [5.74, 6) is -0.375. The van der Waals surface area contributed by atoms with Crippen molar-refractivity contribution >= 4 is 17.2 Å². The van der Waals surface area contributed by atoms with E-state index >= 15 is 0 Å². The summed E-state index contributed by atoms with van der Waals surface area (Å²) in [7, 11) is 1.72. The molecule has 5 heteroatoms. The molecular weight excluding hydrogens is 263 g/mol. The van der Waals surface area contributed by atoms with E-state index in [2.05, 4.69) is 10.6 Å². The monoisotopic (exact) mass is 278 g/mol. The molecule has 0 saturated heterocycles. The molecule has 2 N–H and O–H groups in total. The Balaban J connectivity index is 2.24. The number of amides is 1. The van der Waals surface area contributed by atoms with Gasteiger partial charge in [0.25, 0.3) is 0 Å². The summed E-state index contributed by atoms with van der Waals surface area (Å²) in [6.45, 7) is 0.253. The first kappa shape index (κ1) is 13.7. The number of halogens is 1. The average Bonchev–Trinajstić information content (AvgIpc) is 2.91. The van der Waals surface area contributed by atoms with Gasteiger partial charge in [0.2, 0.25) is 5.91 Å². The quantitative estimate of drug-likeness (QED) is 0.881. The van der Waals surface area contributed by atoms with Crippen molar-refractivity contribution in [3.63, 3.8) is 0 Å². The highest BCUT2D eigenvalue weighted by atomic mass is 32.1. The molecule has 1 atom stereocenters. The van der Waals surface area contributed by atoms with E-state index < -0.39 is 0 Å². The summed E-state index contributed by atoms with van der Waals surface area (Å²) < 4.78 is 13.0. The molecule has 0 aliphatic heterocycles. The van der Waals surface area contributed by atoms with Crippen LogP contribution in [0.5, 0.6) is 0 Å². The molecule has 0 spiro atoms. The Hall–Kier alpha value is -1.72. The Bertz CT molecular complexity index is 525. The van der Waals surface area contributed by atoms with Crippen LogP contribution in [0.4, 0.5) is 4.39 Å². The van der Waals surface area contributed by atoms with Crippen molar-refractivity contribution in [2.75, 3.05) is 13.6 Å². The van der Waals surface area contributed by atoms with Gasteiger partial charge in [0.1, 0.15) is 5.82 Å². The highest BCUT2D eigenvalue weighted by Crippen LogP contribution is 2.26. The summed E-state index contributed by atoms with van der Waals surface area (Å²) in [6.07, 6.45) is 0. The summed E-state index contributed by atoms with van der Waals surface area (Å²) in [5, 5.41) is 7.71. The Labute approximate surface area is 115 Å². The number of hydrogen-bond acceptors (Lipinski definition) is 3. The average molecular weight is 278 g/mol. The van der Waals surface area contributed by atoms with E-state index in [0.29, 0.717) is 0 Å². The largest absolute Gasteiger partial charge is 0.343 e. The van der Waals surface area contributed by atoms with Crippen molar-refractivity contribution in [1.29, 1.82) is 0 Å². The van der Waals surface area contributed by atoms with Gasteiger partial charge in [-0.2, -0.15) is 0 Å². The van der Waals surface area contributed by atoms with Crippen molar-refractivity contribution in [3.05, 3.63) is 58.0 Å². The first-order valence-corrected chi connectivity index (χ1v) is 6.81. The zero-order valence-corrected chi connectivity index (χ0v) is 11.3. The van der Waals surface area contributed by atoms with Crippen LogP contribution in [0.25, 0.3) is 0 Å². The molecule has 1 unspecified atom stereocenters. The molecule has 0 saturated carbocycles. The molecule has 3 nitrogen and oxygen atoms in total. The molecular formula is C14H15FN2OS. The lowest BCUT2D eigenvalue weighted by Crippen LogP contribution is -2.35. The van der Waals surface area contributed by atoms with E-state index in [1.807, 2.05) is 17.5 Å². The molecule has 1 amide bonds. The number of carbonyl (C=O) groups is 1. The van der Waals surface area contributed by atoms with E-state index in [-0.39, 0.29) is 24.3 Å². The number of carbonyl (C=O) groups excluding carboxylic acids is 1. The van der Waals surface area contributed by atoms with Crippen LogP contribution in [0.2, 0.25) is 0 Å². The first-order valence-electron chi connectivity index (χ1n) is 5.93. The summed E-state index contributed by atoms with van der Waals surface area (Å²) in [4.78, 5) is 12.8. The highest BCUT2D eigenvalue weighted by molar-refractivity contribution is 7.10. The van der Waals surface area contributed by atoms with Crippen LogP contribution in [0.15, 0.2) is 41.8 Å². The molecule has 0 fully saturated rings. The van der Waals surface area contributed by atoms with Gasteiger partial charge < -0.3 is 10.6 Å². The third-order valence-corrected chi connectivity index (χ3v) is 3.61. The molecule has 1 heterocycles. The fraction of sp³-hybridized carbons (Fsp3) is 0.214. The molecule has 0 radical (unpaired) electrons. The van der Waals surface area contributed by atoms with Gasteiger partial charge in [-0.15, -0.1) is 11.3 Å². The molecule has 0 aliphatic carbocycles. The first-order chi connectivity index (χ1) is 9.20. The van der Waals surface area contributed by atoms with Crippen LogP contribution in [0.3, 0.4) is 0 Å². The van der Waals surface area contributed by atoms with Crippen molar-refractivity contribution in [3.8, 4) is 0 Å². The minimum Gasteiger partial charge on any atom is -0.343 e. The zero-order chi connectivity index (χ0) is 13.7. The smallest absolute Gasteiger partial charge is 0.234 e. The van der Waals surface area contributed by atoms with Gasteiger partial charge in [-0.25, -0.2) is 4.39 Å². The summed E-state index contributed by atoms with van der Waals surface area (Å²) in [5.41, 5.74) is 0.869. The van der Waals surface area contributed by atoms with Crippen LogP contribution >= 0.6 is 11.3 Å². The van der Waals surface area contributed by atoms with Gasteiger partial charge in [0.05, 0.1) is 12.6 Å². The third kappa shape index (κ3) is 3.62. The second-order valence-corrected chi connectivity index (χ2v) is 5.08. The summed E-state index contributed by atoms with van der Waals surface area (Å²) >= 11 is 1.56. The van der Waals surface area contributed by atoms with Crippen molar-refractivity contribution in [2.24, 2.45) is 0 Å². The second kappa shape index (κ2) is 6.45. The maximum absolute atomic E-state index is 13.0. The minimum atomic E-state index is -0.282. The van der Waals surface area contributed by atoms with Crippen LogP contribution in [0, 0.1) is 5.82 Å². The fourth-order valence-corrected chi connectivity index (χ4v) is 2.60. The lowest BCUT2D eigenvalue weighted by molar-refractivity contribution is -0.120. The van der Waals surface area contributed by atoms with Gasteiger partial charge in [0, 0.05) is 4.88 Å². The van der Waals surface area contributed by atoms with Crippen LogP contribution in [0.1, 0.15) is 16.5 Å². The normalized spacial score (nSPS) is 12.1. The fourth-order valence-electron chi connectivity index (χ4n) is 1.80. The minimum absolute atomic E-state index is 0.0924. The third-order valence-electron chi connectivity index (χ3n) is 2.67. The molecule has 0 bridgehead atoms. The number of thiophene rings is 1. The van der Waals surface area contributed by atoms with Gasteiger partial charge in [-0.05, 0) is 36.2 Å². The molecule has 1 aromatic carbocycles. The number of benzene rings is 1. The lowest BCUT2D eigenvalue weighted by atomic mass is 10.1. The van der Waals surface area contributed by atoms with Crippen molar-refractivity contribution < 1.29 is 9.18 Å². The predicted octanol–water partition coefficient (Wildman–Crippen LogP) is 2.31. The van der Waals surface area contributed by atoms with Gasteiger partial charge in [0.15, 0.2) is 0 Å². The molecule has 19 heavy (non-hydrogen) atoms. The lowest BCUT2D eigenvalue weighted by Gasteiger charge is -2.18.